The summed E-state index contributed by atoms with van der Waals surface area (Å²) in [4.78, 5) is 0. The minimum absolute atomic E-state index is 0. The number of nitrogens with one attached hydrogen (secondary N) is 1. The van der Waals surface area contributed by atoms with Crippen LogP contribution in [0.5, 0.6) is 0 Å². The van der Waals surface area contributed by atoms with Crippen LogP contribution in [-0.4, -0.2) is 6.54 Å². The first-order chi connectivity index (χ1) is 9.27. The van der Waals surface area contributed by atoms with Crippen LogP contribution in [0.3, 0.4) is 0 Å². The third-order valence-corrected chi connectivity index (χ3v) is 3.45. The zero-order valence-corrected chi connectivity index (χ0v) is 11.8. The van der Waals surface area contributed by atoms with E-state index in [0.717, 1.165) is 13.0 Å². The molecule has 0 radical (unpaired) electrons. The molecule has 2 aromatic rings. The lowest BCUT2D eigenvalue weighted by Gasteiger charge is -2.23. The summed E-state index contributed by atoms with van der Waals surface area (Å²) in [6.07, 6.45) is 1.08. The van der Waals surface area contributed by atoms with Gasteiger partial charge in [0.25, 0.3) is 0 Å². The fourth-order valence-electron chi connectivity index (χ4n) is 2.42. The van der Waals surface area contributed by atoms with Gasteiger partial charge in [-0.3, -0.25) is 0 Å². The van der Waals surface area contributed by atoms with Crippen LogP contribution in [0.1, 0.15) is 38.4 Å². The summed E-state index contributed by atoms with van der Waals surface area (Å²) in [5.74, 6) is 0.596. The van der Waals surface area contributed by atoms with Crippen molar-refractivity contribution in [3.63, 3.8) is 0 Å². The molecule has 1 N–H and O–H groups in total. The van der Waals surface area contributed by atoms with Gasteiger partial charge in [-0.15, -0.1) is 0 Å². The maximum atomic E-state index is 3.68. The van der Waals surface area contributed by atoms with E-state index in [1.54, 1.807) is 0 Å². The van der Waals surface area contributed by atoms with Crippen molar-refractivity contribution in [2.24, 2.45) is 5.92 Å². The molecule has 2 rings (SSSR count). The summed E-state index contributed by atoms with van der Waals surface area (Å²) in [5, 5.41) is 3.68. The SMILES string of the molecule is C.CC(C)C(NCCc1ccccc1)c1ccccc1. The first-order valence-corrected chi connectivity index (χ1v) is 7.09. The molecule has 0 spiro atoms. The maximum absolute atomic E-state index is 3.68. The molecule has 0 aliphatic heterocycles. The number of hydrogen-bond donors (Lipinski definition) is 1. The van der Waals surface area contributed by atoms with Gasteiger partial charge in [0, 0.05) is 6.04 Å². The summed E-state index contributed by atoms with van der Waals surface area (Å²) in [6.45, 7) is 5.56. The van der Waals surface area contributed by atoms with Crippen molar-refractivity contribution in [2.75, 3.05) is 6.54 Å². The molecule has 1 unspecified atom stereocenters. The molecular weight excluding hydrogens is 242 g/mol. The second-order valence-corrected chi connectivity index (χ2v) is 5.32. The van der Waals surface area contributed by atoms with Crippen LogP contribution < -0.4 is 5.32 Å². The molecule has 1 heteroatoms. The molecule has 0 aromatic heterocycles. The molecule has 0 saturated heterocycles. The second-order valence-electron chi connectivity index (χ2n) is 5.32. The molecule has 0 saturated carbocycles. The van der Waals surface area contributed by atoms with E-state index in [2.05, 4.69) is 79.8 Å². The third-order valence-electron chi connectivity index (χ3n) is 3.45. The predicted octanol–water partition coefficient (Wildman–Crippen LogP) is 4.85. The molecule has 108 valence electrons. The first-order valence-electron chi connectivity index (χ1n) is 7.09. The zero-order valence-electron chi connectivity index (χ0n) is 11.8. The molecule has 1 atom stereocenters. The fourth-order valence-corrected chi connectivity index (χ4v) is 2.42. The summed E-state index contributed by atoms with van der Waals surface area (Å²) >= 11 is 0. The summed E-state index contributed by atoms with van der Waals surface area (Å²) in [5.41, 5.74) is 2.77. The van der Waals surface area contributed by atoms with Crippen LogP contribution >= 0.6 is 0 Å². The van der Waals surface area contributed by atoms with E-state index < -0.39 is 0 Å². The highest BCUT2D eigenvalue weighted by Crippen LogP contribution is 2.21. The number of benzene rings is 2. The van der Waals surface area contributed by atoms with E-state index >= 15 is 0 Å². The van der Waals surface area contributed by atoms with Crippen molar-refractivity contribution in [3.05, 3.63) is 71.8 Å². The van der Waals surface area contributed by atoms with E-state index in [4.69, 9.17) is 0 Å². The Balaban J connectivity index is 0.00000200. The topological polar surface area (TPSA) is 12.0 Å². The average Bonchev–Trinajstić information content (AvgIpc) is 2.45. The molecule has 1 nitrogen and oxygen atoms in total. The lowest BCUT2D eigenvalue weighted by molar-refractivity contribution is 0.415. The van der Waals surface area contributed by atoms with Crippen LogP contribution in [0.4, 0.5) is 0 Å². The molecule has 0 heterocycles. The Morgan fingerprint density at radius 2 is 1.40 bits per heavy atom. The van der Waals surface area contributed by atoms with Crippen LogP contribution in [0.25, 0.3) is 0 Å². The highest BCUT2D eigenvalue weighted by atomic mass is 14.9. The molecule has 2 aromatic carbocycles. The van der Waals surface area contributed by atoms with Gasteiger partial charge in [-0.1, -0.05) is 81.9 Å². The first kappa shape index (κ1) is 16.5. The smallest absolute Gasteiger partial charge is 0.0343 e. The molecule has 0 amide bonds. The number of rotatable bonds is 6. The van der Waals surface area contributed by atoms with Crippen molar-refractivity contribution < 1.29 is 0 Å². The Morgan fingerprint density at radius 1 is 0.850 bits per heavy atom. The molecule has 0 aliphatic carbocycles. The van der Waals surface area contributed by atoms with Crippen molar-refractivity contribution in [3.8, 4) is 0 Å². The molecule has 0 aliphatic rings. The molecule has 0 fully saturated rings. The summed E-state index contributed by atoms with van der Waals surface area (Å²) in [6, 6.07) is 21.8. The minimum atomic E-state index is 0. The predicted molar refractivity (Wildman–Crippen MR) is 88.9 cm³/mol. The minimum Gasteiger partial charge on any atom is -0.309 e. The Labute approximate surface area is 124 Å². The van der Waals surface area contributed by atoms with Gasteiger partial charge in [0.1, 0.15) is 0 Å². The lowest BCUT2D eigenvalue weighted by Crippen LogP contribution is -2.27. The third kappa shape index (κ3) is 4.82. The van der Waals surface area contributed by atoms with Crippen LogP contribution in [0.15, 0.2) is 60.7 Å². The monoisotopic (exact) mass is 269 g/mol. The van der Waals surface area contributed by atoms with Gasteiger partial charge in [-0.05, 0) is 30.0 Å². The van der Waals surface area contributed by atoms with E-state index in [-0.39, 0.29) is 7.43 Å². The standard InChI is InChI=1S/C18H23N.CH4/c1-15(2)18(17-11-7-4-8-12-17)19-14-13-16-9-5-3-6-10-16;/h3-12,15,18-19H,13-14H2,1-2H3;1H4. The molecule has 20 heavy (non-hydrogen) atoms. The zero-order chi connectivity index (χ0) is 13.5. The largest absolute Gasteiger partial charge is 0.309 e. The highest BCUT2D eigenvalue weighted by molar-refractivity contribution is 5.20. The van der Waals surface area contributed by atoms with Crippen molar-refractivity contribution in [1.82, 2.24) is 5.32 Å². The Hall–Kier alpha value is -1.60. The second kappa shape index (κ2) is 8.55. The lowest BCUT2D eigenvalue weighted by atomic mass is 9.96. The van der Waals surface area contributed by atoms with E-state index in [1.807, 2.05) is 0 Å². The highest BCUT2D eigenvalue weighted by Gasteiger charge is 2.14. The maximum Gasteiger partial charge on any atom is 0.0343 e. The molecular formula is C19H27N. The van der Waals surface area contributed by atoms with Crippen LogP contribution in [0.2, 0.25) is 0 Å². The number of hydrogen-bond acceptors (Lipinski definition) is 1. The van der Waals surface area contributed by atoms with E-state index in [1.165, 1.54) is 11.1 Å². The van der Waals surface area contributed by atoms with Crippen LogP contribution in [-0.2, 0) is 6.42 Å². The van der Waals surface area contributed by atoms with Gasteiger partial charge in [-0.25, -0.2) is 0 Å². The van der Waals surface area contributed by atoms with E-state index in [9.17, 15) is 0 Å². The van der Waals surface area contributed by atoms with Crippen LogP contribution in [0, 0.1) is 5.92 Å². The van der Waals surface area contributed by atoms with Gasteiger partial charge >= 0.3 is 0 Å². The van der Waals surface area contributed by atoms with Crippen molar-refractivity contribution in [1.29, 1.82) is 0 Å². The van der Waals surface area contributed by atoms with Gasteiger partial charge in [0.15, 0.2) is 0 Å². The fraction of sp³-hybridized carbons (Fsp3) is 0.368. The Morgan fingerprint density at radius 3 is 1.95 bits per heavy atom. The quantitative estimate of drug-likeness (QED) is 0.790. The normalized spacial score (nSPS) is 11.9. The van der Waals surface area contributed by atoms with Gasteiger partial charge in [0.05, 0.1) is 0 Å². The van der Waals surface area contributed by atoms with Crippen molar-refractivity contribution in [2.45, 2.75) is 33.7 Å². The molecule has 0 bridgehead atoms. The van der Waals surface area contributed by atoms with Gasteiger partial charge in [-0.2, -0.15) is 0 Å². The van der Waals surface area contributed by atoms with Crippen molar-refractivity contribution >= 4 is 0 Å². The van der Waals surface area contributed by atoms with E-state index in [0.29, 0.717) is 12.0 Å². The Kier molecular flexibility index (Phi) is 7.03. The Bertz CT molecular complexity index is 462. The summed E-state index contributed by atoms with van der Waals surface area (Å²) < 4.78 is 0. The van der Waals surface area contributed by atoms with Gasteiger partial charge < -0.3 is 5.32 Å². The summed E-state index contributed by atoms with van der Waals surface area (Å²) in [7, 11) is 0. The average molecular weight is 269 g/mol. The van der Waals surface area contributed by atoms with Gasteiger partial charge in [0.2, 0.25) is 0 Å².